The second-order valence-electron chi connectivity index (χ2n) is 3.11. The Morgan fingerprint density at radius 1 is 1.35 bits per heavy atom. The Bertz CT molecular complexity index is 562. The van der Waals surface area contributed by atoms with E-state index in [2.05, 4.69) is 15.3 Å². The lowest BCUT2D eigenvalue weighted by molar-refractivity contribution is -0.384. The summed E-state index contributed by atoms with van der Waals surface area (Å²) in [6.45, 7) is 0. The van der Waals surface area contributed by atoms with Crippen LogP contribution in [0, 0.1) is 15.9 Å². The standard InChI is InChI=1S/C10H7FN4O2/c11-7-2-1-4-13-10(7)14-8-3-5-12-6-9(8)15(16)17/h1-6H,(H,12,13,14). The molecule has 0 saturated carbocycles. The zero-order chi connectivity index (χ0) is 12.3. The third kappa shape index (κ3) is 2.33. The highest BCUT2D eigenvalue weighted by molar-refractivity contribution is 5.66. The van der Waals surface area contributed by atoms with E-state index in [0.717, 1.165) is 6.20 Å². The van der Waals surface area contributed by atoms with Crippen LogP contribution in [-0.4, -0.2) is 14.9 Å². The summed E-state index contributed by atoms with van der Waals surface area (Å²) in [6, 6.07) is 4.02. The molecule has 0 unspecified atom stereocenters. The Labute approximate surface area is 95.3 Å². The van der Waals surface area contributed by atoms with E-state index in [0.29, 0.717) is 0 Å². The minimum Gasteiger partial charge on any atom is -0.332 e. The molecule has 2 aromatic rings. The fourth-order valence-electron chi connectivity index (χ4n) is 1.24. The van der Waals surface area contributed by atoms with E-state index in [-0.39, 0.29) is 17.2 Å². The van der Waals surface area contributed by atoms with Crippen LogP contribution in [0.15, 0.2) is 36.8 Å². The molecule has 0 radical (unpaired) electrons. The molecule has 0 aliphatic rings. The van der Waals surface area contributed by atoms with Gasteiger partial charge in [-0.3, -0.25) is 15.1 Å². The van der Waals surface area contributed by atoms with E-state index in [1.807, 2.05) is 0 Å². The van der Waals surface area contributed by atoms with Gasteiger partial charge >= 0.3 is 5.69 Å². The quantitative estimate of drug-likeness (QED) is 0.650. The largest absolute Gasteiger partial charge is 0.332 e. The number of aromatic nitrogens is 2. The second-order valence-corrected chi connectivity index (χ2v) is 3.11. The highest BCUT2D eigenvalue weighted by Crippen LogP contribution is 2.25. The van der Waals surface area contributed by atoms with Crippen LogP contribution in [0.2, 0.25) is 0 Å². The van der Waals surface area contributed by atoms with Gasteiger partial charge in [-0.15, -0.1) is 0 Å². The van der Waals surface area contributed by atoms with Gasteiger partial charge in [0.25, 0.3) is 0 Å². The van der Waals surface area contributed by atoms with Crippen LogP contribution < -0.4 is 5.32 Å². The zero-order valence-corrected chi connectivity index (χ0v) is 8.50. The van der Waals surface area contributed by atoms with Gasteiger partial charge in [-0.05, 0) is 18.2 Å². The fraction of sp³-hybridized carbons (Fsp3) is 0. The Kier molecular flexibility index (Phi) is 2.91. The summed E-state index contributed by atoms with van der Waals surface area (Å²) in [7, 11) is 0. The highest BCUT2D eigenvalue weighted by Gasteiger charge is 2.14. The maximum absolute atomic E-state index is 13.3. The number of hydrogen-bond donors (Lipinski definition) is 1. The van der Waals surface area contributed by atoms with E-state index in [1.54, 1.807) is 0 Å². The molecule has 17 heavy (non-hydrogen) atoms. The van der Waals surface area contributed by atoms with Crippen LogP contribution in [-0.2, 0) is 0 Å². The summed E-state index contributed by atoms with van der Waals surface area (Å²) in [6.07, 6.45) is 3.85. The van der Waals surface area contributed by atoms with Crippen molar-refractivity contribution in [3.63, 3.8) is 0 Å². The van der Waals surface area contributed by atoms with Gasteiger partial charge in [0.2, 0.25) is 0 Å². The van der Waals surface area contributed by atoms with Crippen molar-refractivity contribution in [2.45, 2.75) is 0 Å². The van der Waals surface area contributed by atoms with Crippen molar-refractivity contribution >= 4 is 17.2 Å². The number of nitro groups is 1. The summed E-state index contributed by atoms with van der Waals surface area (Å²) < 4.78 is 13.3. The van der Waals surface area contributed by atoms with E-state index in [9.17, 15) is 14.5 Å². The predicted molar refractivity (Wildman–Crippen MR) is 58.4 cm³/mol. The number of pyridine rings is 2. The van der Waals surface area contributed by atoms with Gasteiger partial charge in [0.05, 0.1) is 4.92 Å². The monoisotopic (exact) mass is 234 g/mol. The lowest BCUT2D eigenvalue weighted by Gasteiger charge is -2.05. The molecule has 7 heteroatoms. The summed E-state index contributed by atoms with van der Waals surface area (Å²) >= 11 is 0. The van der Waals surface area contributed by atoms with Crippen LogP contribution in [0.5, 0.6) is 0 Å². The van der Waals surface area contributed by atoms with Crippen molar-refractivity contribution in [1.29, 1.82) is 0 Å². The third-order valence-electron chi connectivity index (χ3n) is 2.01. The summed E-state index contributed by atoms with van der Waals surface area (Å²) in [5.41, 5.74) is -0.0971. The van der Waals surface area contributed by atoms with Crippen LogP contribution >= 0.6 is 0 Å². The van der Waals surface area contributed by atoms with E-state index in [4.69, 9.17) is 0 Å². The normalized spacial score (nSPS) is 9.94. The molecule has 2 heterocycles. The van der Waals surface area contributed by atoms with Crippen LogP contribution in [0.25, 0.3) is 0 Å². The SMILES string of the molecule is O=[N+]([O-])c1cnccc1Nc1ncccc1F. The van der Waals surface area contributed by atoms with Gasteiger partial charge in [-0.2, -0.15) is 0 Å². The molecule has 0 aliphatic heterocycles. The van der Waals surface area contributed by atoms with Crippen LogP contribution in [0.3, 0.4) is 0 Å². The smallest absolute Gasteiger partial charge is 0.310 e. The van der Waals surface area contributed by atoms with Crippen LogP contribution in [0.1, 0.15) is 0 Å². The van der Waals surface area contributed by atoms with Crippen molar-refractivity contribution < 1.29 is 9.31 Å². The first-order valence-corrected chi connectivity index (χ1v) is 4.64. The molecule has 0 fully saturated rings. The molecule has 0 spiro atoms. The maximum atomic E-state index is 13.3. The first-order valence-electron chi connectivity index (χ1n) is 4.64. The average Bonchev–Trinajstić information content (AvgIpc) is 2.32. The number of nitrogens with zero attached hydrogens (tertiary/aromatic N) is 3. The predicted octanol–water partition coefficient (Wildman–Crippen LogP) is 2.27. The molecule has 1 N–H and O–H groups in total. The molecule has 0 amide bonds. The van der Waals surface area contributed by atoms with Gasteiger partial charge in [0.1, 0.15) is 11.9 Å². The second kappa shape index (κ2) is 4.52. The zero-order valence-electron chi connectivity index (χ0n) is 8.50. The van der Waals surface area contributed by atoms with Crippen molar-refractivity contribution in [2.75, 3.05) is 5.32 Å². The molecule has 0 saturated heterocycles. The first-order chi connectivity index (χ1) is 8.18. The number of hydrogen-bond acceptors (Lipinski definition) is 5. The number of rotatable bonds is 3. The number of nitrogens with one attached hydrogen (secondary N) is 1. The molecule has 6 nitrogen and oxygen atoms in total. The number of anilines is 2. The minimum atomic E-state index is -0.601. The van der Waals surface area contributed by atoms with Crippen LogP contribution in [0.4, 0.5) is 21.6 Å². The lowest BCUT2D eigenvalue weighted by atomic mass is 10.3. The Morgan fingerprint density at radius 3 is 2.88 bits per heavy atom. The van der Waals surface area contributed by atoms with Gasteiger partial charge in [-0.1, -0.05) is 0 Å². The lowest BCUT2D eigenvalue weighted by Crippen LogP contribution is -2.00. The van der Waals surface area contributed by atoms with Gasteiger partial charge in [0.15, 0.2) is 11.6 Å². The van der Waals surface area contributed by atoms with E-state index in [1.165, 1.54) is 30.6 Å². The maximum Gasteiger partial charge on any atom is 0.310 e. The highest BCUT2D eigenvalue weighted by atomic mass is 19.1. The van der Waals surface area contributed by atoms with Crippen molar-refractivity contribution in [3.05, 3.63) is 52.7 Å². The first kappa shape index (κ1) is 10.9. The molecular weight excluding hydrogens is 227 g/mol. The van der Waals surface area contributed by atoms with Crippen molar-refractivity contribution in [3.8, 4) is 0 Å². The molecule has 0 bridgehead atoms. The van der Waals surface area contributed by atoms with Crippen molar-refractivity contribution in [1.82, 2.24) is 9.97 Å². The Hall–Kier alpha value is -2.57. The van der Waals surface area contributed by atoms with E-state index < -0.39 is 10.7 Å². The van der Waals surface area contributed by atoms with Crippen molar-refractivity contribution in [2.24, 2.45) is 0 Å². The van der Waals surface area contributed by atoms with E-state index >= 15 is 0 Å². The van der Waals surface area contributed by atoms with Gasteiger partial charge < -0.3 is 5.32 Å². The Balaban J connectivity index is 2.37. The molecule has 86 valence electrons. The molecule has 0 atom stereocenters. The molecule has 0 aliphatic carbocycles. The summed E-state index contributed by atoms with van der Waals surface area (Å²) in [5, 5.41) is 13.3. The molecule has 2 aromatic heterocycles. The summed E-state index contributed by atoms with van der Waals surface area (Å²) in [5.74, 6) is -0.652. The van der Waals surface area contributed by atoms with Gasteiger partial charge in [0, 0.05) is 12.4 Å². The number of halogens is 1. The molecule has 0 aromatic carbocycles. The average molecular weight is 234 g/mol. The molecular formula is C10H7FN4O2. The molecule has 2 rings (SSSR count). The Morgan fingerprint density at radius 2 is 2.18 bits per heavy atom. The fourth-order valence-corrected chi connectivity index (χ4v) is 1.24. The van der Waals surface area contributed by atoms with Gasteiger partial charge in [-0.25, -0.2) is 9.37 Å². The summed E-state index contributed by atoms with van der Waals surface area (Å²) in [4.78, 5) is 17.5. The minimum absolute atomic E-state index is 0.0678. The topological polar surface area (TPSA) is 81.0 Å². The third-order valence-corrected chi connectivity index (χ3v) is 2.01.